The second kappa shape index (κ2) is 3.75. The Kier molecular flexibility index (Phi) is 2.89. The van der Waals surface area contributed by atoms with Crippen LogP contribution in [-0.4, -0.2) is 24.7 Å². The molecule has 0 aliphatic heterocycles. The molecule has 0 aliphatic carbocycles. The fraction of sp³-hybridized carbons (Fsp3) is 0.500. The van der Waals surface area contributed by atoms with Gasteiger partial charge in [0.15, 0.2) is 0 Å². The van der Waals surface area contributed by atoms with Gasteiger partial charge in [0.1, 0.15) is 5.82 Å². The van der Waals surface area contributed by atoms with Crippen LogP contribution in [0.2, 0.25) is 0 Å². The van der Waals surface area contributed by atoms with Crippen LogP contribution in [0, 0.1) is 0 Å². The lowest BCUT2D eigenvalue weighted by atomic mass is 10.4. The maximum absolute atomic E-state index is 11.2. The van der Waals surface area contributed by atoms with Crippen LogP contribution in [-0.2, 0) is 10.2 Å². The van der Waals surface area contributed by atoms with Gasteiger partial charge in [0.05, 0.1) is 6.20 Å². The minimum absolute atomic E-state index is 0.138. The summed E-state index contributed by atoms with van der Waals surface area (Å²) in [6.45, 7) is 3.48. The number of aromatic amines is 1. The zero-order valence-electron chi connectivity index (χ0n) is 7.40. The van der Waals surface area contributed by atoms with Gasteiger partial charge in [0.2, 0.25) is 0 Å². The highest BCUT2D eigenvalue weighted by molar-refractivity contribution is 7.90. The first-order valence-corrected chi connectivity index (χ1v) is 5.27. The van der Waals surface area contributed by atoms with E-state index in [1.54, 1.807) is 13.8 Å². The molecule has 0 aromatic carbocycles. The Hall–Kier alpha value is -1.08. The lowest BCUT2D eigenvalue weighted by Gasteiger charge is -2.09. The number of aromatic nitrogens is 2. The molecule has 0 fully saturated rings. The molecular formula is C6H12N4O2S. The normalized spacial score (nSPS) is 11.9. The Morgan fingerprint density at radius 3 is 2.69 bits per heavy atom. The summed E-state index contributed by atoms with van der Waals surface area (Å²) < 4.78 is 27.1. The average molecular weight is 204 g/mol. The van der Waals surface area contributed by atoms with Crippen LogP contribution in [0.1, 0.15) is 13.8 Å². The second-order valence-electron chi connectivity index (χ2n) is 2.85. The first-order valence-electron chi connectivity index (χ1n) is 3.79. The van der Waals surface area contributed by atoms with Gasteiger partial charge in [-0.15, -0.1) is 0 Å². The molecule has 1 aromatic rings. The van der Waals surface area contributed by atoms with E-state index in [2.05, 4.69) is 19.6 Å². The summed E-state index contributed by atoms with van der Waals surface area (Å²) in [6.07, 6.45) is 1.47. The van der Waals surface area contributed by atoms with Gasteiger partial charge in [-0.2, -0.15) is 18.2 Å². The second-order valence-corrected chi connectivity index (χ2v) is 4.30. The molecular weight excluding hydrogens is 192 g/mol. The van der Waals surface area contributed by atoms with E-state index in [9.17, 15) is 8.42 Å². The number of H-pyrrole nitrogens is 1. The minimum Gasteiger partial charge on any atom is -0.262 e. The van der Waals surface area contributed by atoms with Crippen molar-refractivity contribution >= 4 is 16.0 Å². The molecule has 0 bridgehead atoms. The van der Waals surface area contributed by atoms with Crippen molar-refractivity contribution in [2.75, 3.05) is 4.72 Å². The fourth-order valence-corrected chi connectivity index (χ4v) is 1.88. The number of nitrogens with one attached hydrogen (secondary N) is 3. The molecule has 0 saturated carbocycles. The summed E-state index contributed by atoms with van der Waals surface area (Å²) in [4.78, 5) is 0. The van der Waals surface area contributed by atoms with Gasteiger partial charge in [0, 0.05) is 12.1 Å². The molecule has 74 valence electrons. The summed E-state index contributed by atoms with van der Waals surface area (Å²) >= 11 is 0. The summed E-state index contributed by atoms with van der Waals surface area (Å²) in [5.41, 5.74) is 0. The van der Waals surface area contributed by atoms with Crippen molar-refractivity contribution < 1.29 is 8.42 Å². The zero-order chi connectivity index (χ0) is 9.90. The molecule has 7 heteroatoms. The molecule has 1 rings (SSSR count). The lowest BCUT2D eigenvalue weighted by molar-refractivity contribution is 0.575. The van der Waals surface area contributed by atoms with Gasteiger partial charge >= 0.3 is 0 Å². The first kappa shape index (κ1) is 10.0. The third kappa shape index (κ3) is 3.43. The maximum atomic E-state index is 11.2. The largest absolute Gasteiger partial charge is 0.300 e. The van der Waals surface area contributed by atoms with Crippen molar-refractivity contribution in [3.63, 3.8) is 0 Å². The number of rotatable bonds is 4. The molecule has 0 unspecified atom stereocenters. The third-order valence-corrected chi connectivity index (χ3v) is 2.41. The average Bonchev–Trinajstić information content (AvgIpc) is 2.34. The van der Waals surface area contributed by atoms with Crippen LogP contribution < -0.4 is 9.44 Å². The molecule has 1 heterocycles. The van der Waals surface area contributed by atoms with Crippen molar-refractivity contribution in [1.82, 2.24) is 14.9 Å². The molecule has 0 amide bonds. The third-order valence-electron chi connectivity index (χ3n) is 1.14. The maximum Gasteiger partial charge on any atom is 0.300 e. The van der Waals surface area contributed by atoms with Gasteiger partial charge in [0.25, 0.3) is 10.2 Å². The lowest BCUT2D eigenvalue weighted by Crippen LogP contribution is -2.35. The van der Waals surface area contributed by atoms with E-state index in [4.69, 9.17) is 0 Å². The Bertz CT molecular complexity index is 343. The highest BCUT2D eigenvalue weighted by Crippen LogP contribution is 2.01. The van der Waals surface area contributed by atoms with Crippen LogP contribution in [0.15, 0.2) is 12.3 Å². The molecule has 3 N–H and O–H groups in total. The molecule has 0 radical (unpaired) electrons. The van der Waals surface area contributed by atoms with Crippen molar-refractivity contribution in [1.29, 1.82) is 0 Å². The highest BCUT2D eigenvalue weighted by atomic mass is 32.2. The van der Waals surface area contributed by atoms with Crippen molar-refractivity contribution in [3.8, 4) is 0 Å². The van der Waals surface area contributed by atoms with E-state index in [0.717, 1.165) is 0 Å². The summed E-state index contributed by atoms with van der Waals surface area (Å²) in [7, 11) is -3.48. The summed E-state index contributed by atoms with van der Waals surface area (Å²) in [6, 6.07) is 1.39. The molecule has 1 aromatic heterocycles. The topological polar surface area (TPSA) is 86.9 Å². The van der Waals surface area contributed by atoms with E-state index < -0.39 is 10.2 Å². The number of anilines is 1. The van der Waals surface area contributed by atoms with Crippen LogP contribution in [0.5, 0.6) is 0 Å². The zero-order valence-corrected chi connectivity index (χ0v) is 8.22. The highest BCUT2D eigenvalue weighted by Gasteiger charge is 2.11. The van der Waals surface area contributed by atoms with Crippen molar-refractivity contribution in [2.45, 2.75) is 19.9 Å². The summed E-state index contributed by atoms with van der Waals surface area (Å²) in [5.74, 6) is 0.341. The first-order chi connectivity index (χ1) is 5.99. The number of nitrogens with zero attached hydrogens (tertiary/aromatic N) is 1. The van der Waals surface area contributed by atoms with E-state index in [1.165, 1.54) is 12.3 Å². The van der Waals surface area contributed by atoms with Crippen LogP contribution >= 0.6 is 0 Å². The van der Waals surface area contributed by atoms with Crippen molar-refractivity contribution in [2.24, 2.45) is 0 Å². The van der Waals surface area contributed by atoms with Gasteiger partial charge in [-0.25, -0.2) is 0 Å². The smallest absolute Gasteiger partial charge is 0.262 e. The van der Waals surface area contributed by atoms with Gasteiger partial charge in [-0.3, -0.25) is 9.82 Å². The van der Waals surface area contributed by atoms with E-state index in [0.29, 0.717) is 5.82 Å². The van der Waals surface area contributed by atoms with Gasteiger partial charge in [-0.05, 0) is 13.8 Å². The molecule has 0 aliphatic rings. The predicted octanol–water partition coefficient (Wildman–Crippen LogP) is 0.0644. The summed E-state index contributed by atoms with van der Waals surface area (Å²) in [5, 5.41) is 6.09. The SMILES string of the molecule is CC(C)NS(=O)(=O)Nc1ccn[nH]1. The van der Waals surface area contributed by atoms with E-state index in [-0.39, 0.29) is 6.04 Å². The fourth-order valence-electron chi connectivity index (χ4n) is 0.797. The Morgan fingerprint density at radius 2 is 2.23 bits per heavy atom. The molecule has 13 heavy (non-hydrogen) atoms. The Morgan fingerprint density at radius 1 is 1.54 bits per heavy atom. The van der Waals surface area contributed by atoms with Crippen molar-refractivity contribution in [3.05, 3.63) is 12.3 Å². The van der Waals surface area contributed by atoms with Gasteiger partial charge < -0.3 is 0 Å². The monoisotopic (exact) mass is 204 g/mol. The minimum atomic E-state index is -3.48. The quantitative estimate of drug-likeness (QED) is 0.648. The van der Waals surface area contributed by atoms with E-state index in [1.807, 2.05) is 0 Å². The van der Waals surface area contributed by atoms with E-state index >= 15 is 0 Å². The Labute approximate surface area is 76.9 Å². The van der Waals surface area contributed by atoms with Crippen LogP contribution in [0.4, 0.5) is 5.82 Å². The van der Waals surface area contributed by atoms with Gasteiger partial charge in [-0.1, -0.05) is 0 Å². The predicted molar refractivity (Wildman–Crippen MR) is 49.4 cm³/mol. The molecule has 0 atom stereocenters. The molecule has 0 saturated heterocycles. The molecule has 0 spiro atoms. The Balaban J connectivity index is 2.63. The standard InChI is InChI=1S/C6H12N4O2S/c1-5(2)9-13(11,12)10-6-3-4-7-8-6/h3-5,9H,1-2H3,(H2,7,8,10). The molecule has 6 nitrogen and oxygen atoms in total. The van der Waals surface area contributed by atoms with Crippen LogP contribution in [0.25, 0.3) is 0 Å². The number of hydrogen-bond acceptors (Lipinski definition) is 3. The number of hydrogen-bond donors (Lipinski definition) is 3. The van der Waals surface area contributed by atoms with Crippen LogP contribution in [0.3, 0.4) is 0 Å².